The van der Waals surface area contributed by atoms with Crippen molar-refractivity contribution in [3.63, 3.8) is 0 Å². The van der Waals surface area contributed by atoms with E-state index >= 15 is 0 Å². The molecule has 0 bridgehead atoms. The predicted molar refractivity (Wildman–Crippen MR) is 138 cm³/mol. The normalized spacial score (nSPS) is 12.2. The summed E-state index contributed by atoms with van der Waals surface area (Å²) in [6, 6.07) is 8.64. The van der Waals surface area contributed by atoms with E-state index in [1.807, 2.05) is 0 Å². The van der Waals surface area contributed by atoms with Gasteiger partial charge in [0, 0.05) is 18.1 Å². The minimum atomic E-state index is -3.97. The summed E-state index contributed by atoms with van der Waals surface area (Å²) in [5, 5.41) is 3.35. The van der Waals surface area contributed by atoms with Gasteiger partial charge in [-0.15, -0.1) is 0 Å². The lowest BCUT2D eigenvalue weighted by molar-refractivity contribution is -0.140. The number of benzene rings is 2. The number of amides is 2. The molecule has 2 rings (SSSR count). The lowest BCUT2D eigenvalue weighted by Gasteiger charge is -2.33. The van der Waals surface area contributed by atoms with Crippen LogP contribution in [-0.2, 0) is 26.2 Å². The van der Waals surface area contributed by atoms with Crippen LogP contribution >= 0.6 is 46.4 Å². The number of anilines is 1. The minimum Gasteiger partial charge on any atom is -0.355 e. The van der Waals surface area contributed by atoms with Crippen molar-refractivity contribution in [2.75, 3.05) is 23.7 Å². The summed E-state index contributed by atoms with van der Waals surface area (Å²) in [7, 11) is -3.97. The molecule has 0 saturated heterocycles. The first-order valence-corrected chi connectivity index (χ1v) is 13.7. The molecule has 34 heavy (non-hydrogen) atoms. The van der Waals surface area contributed by atoms with Crippen LogP contribution in [0.5, 0.6) is 0 Å². The standard InChI is InChI=1S/C22H25Cl4N3O4S/c1-4-19(22(31)27-5-2)28(12-14-8-6-7-9-15(14)23)21(30)13-29(34(3,32)33)20-11-17(25)16(24)10-18(20)26/h6-11,19H,4-5,12-13H2,1-3H3,(H,27,31)/t19-/m0/s1. The summed E-state index contributed by atoms with van der Waals surface area (Å²) >= 11 is 24.6. The van der Waals surface area contributed by atoms with Crippen molar-refractivity contribution >= 4 is 73.9 Å². The highest BCUT2D eigenvalue weighted by molar-refractivity contribution is 7.92. The fourth-order valence-electron chi connectivity index (χ4n) is 3.32. The second-order valence-electron chi connectivity index (χ2n) is 7.42. The molecule has 1 N–H and O–H groups in total. The molecule has 12 heteroatoms. The van der Waals surface area contributed by atoms with Crippen molar-refractivity contribution in [3.8, 4) is 0 Å². The van der Waals surface area contributed by atoms with Crippen LogP contribution in [0, 0.1) is 0 Å². The van der Waals surface area contributed by atoms with Crippen molar-refractivity contribution < 1.29 is 18.0 Å². The summed E-state index contributed by atoms with van der Waals surface area (Å²) in [5.41, 5.74) is 0.606. The largest absolute Gasteiger partial charge is 0.355 e. The van der Waals surface area contributed by atoms with Crippen molar-refractivity contribution in [2.45, 2.75) is 32.9 Å². The van der Waals surface area contributed by atoms with Gasteiger partial charge in [0.15, 0.2) is 0 Å². The zero-order chi connectivity index (χ0) is 25.6. The number of sulfonamides is 1. The summed E-state index contributed by atoms with van der Waals surface area (Å²) in [6.07, 6.45) is 1.24. The molecule has 0 aliphatic heterocycles. The number of carbonyl (C=O) groups excluding carboxylic acids is 2. The molecule has 0 saturated carbocycles. The molecule has 0 radical (unpaired) electrons. The number of hydrogen-bond acceptors (Lipinski definition) is 4. The maximum absolute atomic E-state index is 13.6. The third kappa shape index (κ3) is 7.15. The Morgan fingerprint density at radius 3 is 2.15 bits per heavy atom. The second kappa shape index (κ2) is 12.3. The van der Waals surface area contributed by atoms with Gasteiger partial charge in [0.2, 0.25) is 21.8 Å². The van der Waals surface area contributed by atoms with Crippen LogP contribution in [0.4, 0.5) is 5.69 Å². The number of carbonyl (C=O) groups is 2. The fraction of sp³-hybridized carbons (Fsp3) is 0.364. The topological polar surface area (TPSA) is 86.8 Å². The average molecular weight is 569 g/mol. The molecule has 1 atom stereocenters. The molecule has 0 aromatic heterocycles. The van der Waals surface area contributed by atoms with Crippen LogP contribution in [0.2, 0.25) is 20.1 Å². The van der Waals surface area contributed by atoms with Crippen LogP contribution in [0.3, 0.4) is 0 Å². The predicted octanol–water partition coefficient (Wildman–Crippen LogP) is 5.01. The van der Waals surface area contributed by atoms with E-state index < -0.39 is 28.5 Å². The van der Waals surface area contributed by atoms with Crippen LogP contribution in [-0.4, -0.2) is 50.5 Å². The van der Waals surface area contributed by atoms with Crippen molar-refractivity contribution in [2.24, 2.45) is 0 Å². The van der Waals surface area contributed by atoms with E-state index in [9.17, 15) is 18.0 Å². The Morgan fingerprint density at radius 1 is 0.971 bits per heavy atom. The quantitative estimate of drug-likeness (QED) is 0.408. The molecule has 0 unspecified atom stereocenters. The van der Waals surface area contributed by atoms with E-state index in [-0.39, 0.29) is 33.2 Å². The molecule has 0 spiro atoms. The highest BCUT2D eigenvalue weighted by Crippen LogP contribution is 2.35. The Morgan fingerprint density at radius 2 is 1.59 bits per heavy atom. The summed E-state index contributed by atoms with van der Waals surface area (Å²) in [5.74, 6) is -0.977. The highest BCUT2D eigenvalue weighted by Gasteiger charge is 2.32. The van der Waals surface area contributed by atoms with Gasteiger partial charge >= 0.3 is 0 Å². The maximum Gasteiger partial charge on any atom is 0.244 e. The van der Waals surface area contributed by atoms with Crippen LogP contribution in [0.15, 0.2) is 36.4 Å². The minimum absolute atomic E-state index is 0.000849. The van der Waals surface area contributed by atoms with Crippen molar-refractivity contribution in [3.05, 3.63) is 62.1 Å². The number of nitrogens with zero attached hydrogens (tertiary/aromatic N) is 2. The van der Waals surface area contributed by atoms with E-state index in [0.29, 0.717) is 23.6 Å². The highest BCUT2D eigenvalue weighted by atomic mass is 35.5. The summed E-state index contributed by atoms with van der Waals surface area (Å²) in [6.45, 7) is 3.29. The Labute approximate surface area is 220 Å². The van der Waals surface area contributed by atoms with Gasteiger partial charge in [-0.2, -0.15) is 0 Å². The number of hydrogen-bond donors (Lipinski definition) is 1. The van der Waals surface area contributed by atoms with E-state index in [0.717, 1.165) is 10.6 Å². The molecule has 7 nitrogen and oxygen atoms in total. The van der Waals surface area contributed by atoms with Gasteiger partial charge in [0.05, 0.1) is 27.0 Å². The SMILES string of the molecule is CCNC(=O)[C@H](CC)N(Cc1ccccc1Cl)C(=O)CN(c1cc(Cl)c(Cl)cc1Cl)S(C)(=O)=O. The fourth-order valence-corrected chi connectivity index (χ4v) is 5.06. The Bertz CT molecular complexity index is 1160. The first kappa shape index (κ1) is 28.5. The van der Waals surface area contributed by atoms with E-state index in [1.165, 1.54) is 17.0 Å². The zero-order valence-electron chi connectivity index (χ0n) is 18.8. The van der Waals surface area contributed by atoms with E-state index in [4.69, 9.17) is 46.4 Å². The average Bonchev–Trinajstić information content (AvgIpc) is 2.75. The Balaban J connectivity index is 2.52. The lowest BCUT2D eigenvalue weighted by atomic mass is 10.1. The van der Waals surface area contributed by atoms with Gasteiger partial charge in [-0.25, -0.2) is 8.42 Å². The van der Waals surface area contributed by atoms with Gasteiger partial charge in [0.25, 0.3) is 0 Å². The summed E-state index contributed by atoms with van der Waals surface area (Å²) in [4.78, 5) is 27.6. The lowest BCUT2D eigenvalue weighted by Crippen LogP contribution is -2.52. The first-order valence-electron chi connectivity index (χ1n) is 10.3. The van der Waals surface area contributed by atoms with Crippen LogP contribution in [0.25, 0.3) is 0 Å². The molecule has 186 valence electrons. The Kier molecular flexibility index (Phi) is 10.3. The molecule has 0 aliphatic rings. The second-order valence-corrected chi connectivity index (χ2v) is 11.0. The third-order valence-corrected chi connectivity index (χ3v) is 7.49. The molecule has 0 fully saturated rings. The van der Waals surface area contributed by atoms with Crippen molar-refractivity contribution in [1.29, 1.82) is 0 Å². The first-order chi connectivity index (χ1) is 15.9. The summed E-state index contributed by atoms with van der Waals surface area (Å²) < 4.78 is 26.1. The number of rotatable bonds is 10. The maximum atomic E-state index is 13.6. The van der Waals surface area contributed by atoms with Crippen molar-refractivity contribution in [1.82, 2.24) is 10.2 Å². The zero-order valence-corrected chi connectivity index (χ0v) is 22.7. The van der Waals surface area contributed by atoms with Gasteiger partial charge in [-0.05, 0) is 37.1 Å². The monoisotopic (exact) mass is 567 g/mol. The number of nitrogens with one attached hydrogen (secondary N) is 1. The Hall–Kier alpha value is -1.71. The van der Waals surface area contributed by atoms with Gasteiger partial charge < -0.3 is 10.2 Å². The van der Waals surface area contributed by atoms with Crippen LogP contribution < -0.4 is 9.62 Å². The van der Waals surface area contributed by atoms with Gasteiger partial charge in [-0.1, -0.05) is 71.5 Å². The van der Waals surface area contributed by atoms with Crippen LogP contribution in [0.1, 0.15) is 25.8 Å². The van der Waals surface area contributed by atoms with Gasteiger partial charge in [0.1, 0.15) is 12.6 Å². The smallest absolute Gasteiger partial charge is 0.244 e. The van der Waals surface area contributed by atoms with Gasteiger partial charge in [-0.3, -0.25) is 13.9 Å². The molecule has 0 aliphatic carbocycles. The molecule has 0 heterocycles. The van der Waals surface area contributed by atoms with E-state index in [1.54, 1.807) is 38.1 Å². The third-order valence-electron chi connectivity index (χ3n) is 4.97. The van der Waals surface area contributed by atoms with E-state index in [2.05, 4.69) is 5.32 Å². The molecule has 2 aromatic carbocycles. The molecule has 2 amide bonds. The molecule has 2 aromatic rings. The molecular weight excluding hydrogens is 544 g/mol. The molecular formula is C22H25Cl4N3O4S. The number of halogens is 4. The number of likely N-dealkylation sites (N-methyl/N-ethyl adjacent to an activating group) is 1.